The first kappa shape index (κ1) is 20.7. The van der Waals surface area contributed by atoms with E-state index in [0.29, 0.717) is 12.5 Å². The van der Waals surface area contributed by atoms with Crippen LogP contribution in [0.3, 0.4) is 0 Å². The molecule has 0 saturated heterocycles. The molecule has 0 bridgehead atoms. The molecule has 2 atom stereocenters. The molecule has 0 fully saturated rings. The molecule has 1 amide bonds. The van der Waals surface area contributed by atoms with E-state index >= 15 is 0 Å². The maximum atomic E-state index is 12.0. The van der Waals surface area contributed by atoms with Gasteiger partial charge in [-0.2, -0.15) is 0 Å². The van der Waals surface area contributed by atoms with Crippen molar-refractivity contribution >= 4 is 18.3 Å². The molecule has 1 aromatic rings. The molecule has 22 heavy (non-hydrogen) atoms. The lowest BCUT2D eigenvalue weighted by molar-refractivity contribution is -0.122. The third kappa shape index (κ3) is 6.67. The van der Waals surface area contributed by atoms with Crippen LogP contribution >= 0.6 is 12.4 Å². The number of halogens is 1. The molecule has 0 aliphatic carbocycles. The Balaban J connectivity index is 0.00000441. The molecule has 5 heteroatoms. The highest BCUT2D eigenvalue weighted by molar-refractivity contribution is 5.85. The summed E-state index contributed by atoms with van der Waals surface area (Å²) in [4.78, 5) is 12.0. The number of nitrogens with two attached hydrogens (primary N) is 1. The molecule has 0 heterocycles. The third-order valence-corrected chi connectivity index (χ3v) is 3.19. The van der Waals surface area contributed by atoms with Gasteiger partial charge in [-0.1, -0.05) is 39.0 Å². The number of carbonyl (C=O) groups excluding carboxylic acids is 1. The Morgan fingerprint density at radius 3 is 2.45 bits per heavy atom. The lowest BCUT2D eigenvalue weighted by atomic mass is 9.96. The summed E-state index contributed by atoms with van der Waals surface area (Å²) >= 11 is 0. The van der Waals surface area contributed by atoms with Gasteiger partial charge < -0.3 is 15.8 Å². The van der Waals surface area contributed by atoms with Crippen molar-refractivity contribution in [3.8, 4) is 5.75 Å². The SMILES string of the molecule is CCCOc1ccccc1C(CC(C)C)NC(=O)[C@H](C)N.Cl. The van der Waals surface area contributed by atoms with Crippen LogP contribution in [0.25, 0.3) is 0 Å². The predicted molar refractivity (Wildman–Crippen MR) is 93.5 cm³/mol. The van der Waals surface area contributed by atoms with Gasteiger partial charge in [-0.15, -0.1) is 12.4 Å². The standard InChI is InChI=1S/C17H28N2O2.ClH/c1-5-10-21-16-9-7-6-8-14(16)15(11-12(2)3)19-17(20)13(4)18;/h6-9,12-13,15H,5,10-11,18H2,1-4H3,(H,19,20);1H/t13-,15?;/m0./s1. The average Bonchev–Trinajstić information content (AvgIpc) is 2.44. The Bertz CT molecular complexity index is 450. The normalized spacial score (nSPS) is 13.2. The fourth-order valence-electron chi connectivity index (χ4n) is 2.15. The zero-order valence-corrected chi connectivity index (χ0v) is 14.8. The highest BCUT2D eigenvalue weighted by Gasteiger charge is 2.21. The first-order chi connectivity index (χ1) is 9.95. The molecular weight excluding hydrogens is 300 g/mol. The summed E-state index contributed by atoms with van der Waals surface area (Å²) in [6.07, 6.45) is 1.81. The van der Waals surface area contributed by atoms with Crippen molar-refractivity contribution in [2.45, 2.75) is 52.6 Å². The molecule has 0 radical (unpaired) electrons. The summed E-state index contributed by atoms with van der Waals surface area (Å²) in [6.45, 7) is 8.72. The van der Waals surface area contributed by atoms with Crippen molar-refractivity contribution in [2.75, 3.05) is 6.61 Å². The number of ether oxygens (including phenoxy) is 1. The number of hydrogen-bond acceptors (Lipinski definition) is 3. The fourth-order valence-corrected chi connectivity index (χ4v) is 2.15. The summed E-state index contributed by atoms with van der Waals surface area (Å²) in [5.41, 5.74) is 6.69. The van der Waals surface area contributed by atoms with Crippen molar-refractivity contribution in [3.63, 3.8) is 0 Å². The van der Waals surface area contributed by atoms with Crippen LogP contribution in [-0.2, 0) is 4.79 Å². The Labute approximate surface area is 140 Å². The fraction of sp³-hybridized carbons (Fsp3) is 0.588. The van der Waals surface area contributed by atoms with Gasteiger partial charge in [-0.3, -0.25) is 4.79 Å². The molecule has 0 aliphatic rings. The summed E-state index contributed by atoms with van der Waals surface area (Å²) in [5.74, 6) is 1.17. The minimum atomic E-state index is -0.511. The molecule has 0 spiro atoms. The van der Waals surface area contributed by atoms with Gasteiger partial charge in [0.2, 0.25) is 5.91 Å². The molecule has 0 saturated carbocycles. The smallest absolute Gasteiger partial charge is 0.237 e. The van der Waals surface area contributed by atoms with E-state index in [1.54, 1.807) is 6.92 Å². The van der Waals surface area contributed by atoms with Crippen LogP contribution in [0.15, 0.2) is 24.3 Å². The lowest BCUT2D eigenvalue weighted by Gasteiger charge is -2.24. The number of hydrogen-bond donors (Lipinski definition) is 2. The Hall–Kier alpha value is -1.26. The summed E-state index contributed by atoms with van der Waals surface area (Å²) in [5, 5.41) is 3.04. The van der Waals surface area contributed by atoms with Crippen molar-refractivity contribution in [2.24, 2.45) is 11.7 Å². The van der Waals surface area contributed by atoms with E-state index in [4.69, 9.17) is 10.5 Å². The van der Waals surface area contributed by atoms with E-state index in [0.717, 1.165) is 24.2 Å². The lowest BCUT2D eigenvalue weighted by Crippen LogP contribution is -2.40. The third-order valence-electron chi connectivity index (χ3n) is 3.19. The maximum Gasteiger partial charge on any atom is 0.237 e. The predicted octanol–water partition coefficient (Wildman–Crippen LogP) is 3.45. The van der Waals surface area contributed by atoms with Crippen LogP contribution in [0.5, 0.6) is 5.75 Å². The Morgan fingerprint density at radius 1 is 1.27 bits per heavy atom. The molecule has 0 aromatic heterocycles. The van der Waals surface area contributed by atoms with E-state index in [-0.39, 0.29) is 24.4 Å². The summed E-state index contributed by atoms with van der Waals surface area (Å²) in [6, 6.07) is 7.31. The zero-order valence-electron chi connectivity index (χ0n) is 14.0. The van der Waals surface area contributed by atoms with Crippen LogP contribution < -0.4 is 15.8 Å². The number of benzene rings is 1. The van der Waals surface area contributed by atoms with Gasteiger partial charge in [0.15, 0.2) is 0 Å². The Morgan fingerprint density at radius 2 is 1.91 bits per heavy atom. The molecular formula is C17H29ClN2O2. The van der Waals surface area contributed by atoms with Crippen LogP contribution in [-0.4, -0.2) is 18.6 Å². The monoisotopic (exact) mass is 328 g/mol. The van der Waals surface area contributed by atoms with Crippen LogP contribution in [0.1, 0.15) is 52.1 Å². The number of carbonyl (C=O) groups is 1. The second-order valence-electron chi connectivity index (χ2n) is 5.87. The summed E-state index contributed by atoms with van der Waals surface area (Å²) < 4.78 is 5.81. The maximum absolute atomic E-state index is 12.0. The number of amides is 1. The highest BCUT2D eigenvalue weighted by atomic mass is 35.5. The zero-order chi connectivity index (χ0) is 15.8. The van der Waals surface area contributed by atoms with Gasteiger partial charge in [0, 0.05) is 5.56 Å². The van der Waals surface area contributed by atoms with Crippen molar-refractivity contribution in [1.82, 2.24) is 5.32 Å². The molecule has 126 valence electrons. The Kier molecular flexibility index (Phi) is 9.86. The van der Waals surface area contributed by atoms with E-state index in [9.17, 15) is 4.79 Å². The number of para-hydroxylation sites is 1. The van der Waals surface area contributed by atoms with Crippen LogP contribution in [0, 0.1) is 5.92 Å². The van der Waals surface area contributed by atoms with E-state index in [2.05, 4.69) is 26.1 Å². The van der Waals surface area contributed by atoms with Gasteiger partial charge >= 0.3 is 0 Å². The second kappa shape index (κ2) is 10.5. The molecule has 0 aliphatic heterocycles. The van der Waals surface area contributed by atoms with Crippen LogP contribution in [0.2, 0.25) is 0 Å². The van der Waals surface area contributed by atoms with Gasteiger partial charge in [0.05, 0.1) is 18.7 Å². The van der Waals surface area contributed by atoms with Crippen molar-refractivity contribution in [3.05, 3.63) is 29.8 Å². The van der Waals surface area contributed by atoms with Gasteiger partial charge in [0.25, 0.3) is 0 Å². The molecule has 1 rings (SSSR count). The quantitative estimate of drug-likeness (QED) is 0.768. The molecule has 4 nitrogen and oxygen atoms in total. The first-order valence-electron chi connectivity index (χ1n) is 7.73. The second-order valence-corrected chi connectivity index (χ2v) is 5.87. The molecule has 3 N–H and O–H groups in total. The topological polar surface area (TPSA) is 64.3 Å². The highest BCUT2D eigenvalue weighted by Crippen LogP contribution is 2.29. The first-order valence-corrected chi connectivity index (χ1v) is 7.73. The van der Waals surface area contributed by atoms with E-state index in [1.807, 2.05) is 24.3 Å². The van der Waals surface area contributed by atoms with Gasteiger partial charge in [-0.25, -0.2) is 0 Å². The van der Waals surface area contributed by atoms with Crippen LogP contribution in [0.4, 0.5) is 0 Å². The minimum absolute atomic E-state index is 0. The number of rotatable bonds is 8. The van der Waals surface area contributed by atoms with Crippen molar-refractivity contribution in [1.29, 1.82) is 0 Å². The van der Waals surface area contributed by atoms with E-state index < -0.39 is 6.04 Å². The van der Waals surface area contributed by atoms with E-state index in [1.165, 1.54) is 0 Å². The van der Waals surface area contributed by atoms with Crippen molar-refractivity contribution < 1.29 is 9.53 Å². The van der Waals surface area contributed by atoms with Gasteiger partial charge in [-0.05, 0) is 31.7 Å². The largest absolute Gasteiger partial charge is 0.493 e. The number of nitrogens with one attached hydrogen (secondary N) is 1. The summed E-state index contributed by atoms with van der Waals surface area (Å²) in [7, 11) is 0. The molecule has 1 aromatic carbocycles. The van der Waals surface area contributed by atoms with Gasteiger partial charge in [0.1, 0.15) is 5.75 Å². The molecule has 1 unspecified atom stereocenters. The average molecular weight is 329 g/mol. The minimum Gasteiger partial charge on any atom is -0.493 e.